The Morgan fingerprint density at radius 2 is 1.81 bits per heavy atom. The summed E-state index contributed by atoms with van der Waals surface area (Å²) in [5.74, 6) is -0.0130. The van der Waals surface area contributed by atoms with E-state index in [-0.39, 0.29) is 24.4 Å². The van der Waals surface area contributed by atoms with Crippen molar-refractivity contribution >= 4 is 11.8 Å². The summed E-state index contributed by atoms with van der Waals surface area (Å²) < 4.78 is 2.06. The van der Waals surface area contributed by atoms with Crippen LogP contribution in [0.1, 0.15) is 80.9 Å². The summed E-state index contributed by atoms with van der Waals surface area (Å²) in [6.07, 6.45) is 9.57. The molecule has 2 aromatic rings. The fraction of sp³-hybridized carbons (Fsp3) is 0.556. The van der Waals surface area contributed by atoms with E-state index in [0.29, 0.717) is 18.2 Å². The Morgan fingerprint density at radius 3 is 2.38 bits per heavy atom. The second-order valence-corrected chi connectivity index (χ2v) is 9.21. The molecule has 1 aliphatic carbocycles. The summed E-state index contributed by atoms with van der Waals surface area (Å²) in [5.41, 5.74) is 3.05. The number of unbranched alkanes of at least 4 members (excludes halogenated alkanes) is 2. The molecule has 0 spiro atoms. The summed E-state index contributed by atoms with van der Waals surface area (Å²) in [7, 11) is 2.01. The van der Waals surface area contributed by atoms with Crippen molar-refractivity contribution in [3.8, 4) is 0 Å². The van der Waals surface area contributed by atoms with E-state index in [1.165, 1.54) is 24.8 Å². The topological polar surface area (TPSA) is 45.6 Å². The molecular formula is C27H39N3O2. The average Bonchev–Trinajstić information content (AvgIpc) is 3.56. The van der Waals surface area contributed by atoms with Crippen LogP contribution in [0.25, 0.3) is 0 Å². The largest absolute Gasteiger partial charge is 0.353 e. The Balaban J connectivity index is 1.70. The van der Waals surface area contributed by atoms with Gasteiger partial charge in [0.05, 0.1) is 6.54 Å². The Hall–Kier alpha value is -2.56. The summed E-state index contributed by atoms with van der Waals surface area (Å²) >= 11 is 0. The van der Waals surface area contributed by atoms with E-state index < -0.39 is 0 Å². The number of carbonyl (C=O) groups excluding carboxylic acids is 2. The van der Waals surface area contributed by atoms with Gasteiger partial charge in [-0.15, -0.1) is 0 Å². The van der Waals surface area contributed by atoms with Crippen molar-refractivity contribution < 1.29 is 9.59 Å². The molecule has 1 aromatic heterocycles. The lowest BCUT2D eigenvalue weighted by atomic mass is 10.0. The van der Waals surface area contributed by atoms with Gasteiger partial charge in [-0.2, -0.15) is 0 Å². The van der Waals surface area contributed by atoms with E-state index in [2.05, 4.69) is 36.6 Å². The van der Waals surface area contributed by atoms with Gasteiger partial charge < -0.3 is 14.4 Å². The first kappa shape index (κ1) is 24.1. The van der Waals surface area contributed by atoms with E-state index >= 15 is 0 Å². The maximum Gasteiger partial charge on any atom is 0.254 e. The highest BCUT2D eigenvalue weighted by atomic mass is 16.2. The molecule has 1 atom stereocenters. The number of rotatable bonds is 12. The zero-order chi connectivity index (χ0) is 23.1. The van der Waals surface area contributed by atoms with Crippen molar-refractivity contribution in [1.82, 2.24) is 14.4 Å². The van der Waals surface area contributed by atoms with E-state index in [4.69, 9.17) is 0 Å². The quantitative estimate of drug-likeness (QED) is 0.429. The minimum Gasteiger partial charge on any atom is -0.353 e. The molecule has 2 amide bonds. The van der Waals surface area contributed by atoms with E-state index in [9.17, 15) is 9.59 Å². The van der Waals surface area contributed by atoms with Crippen molar-refractivity contribution in [3.63, 3.8) is 0 Å². The monoisotopic (exact) mass is 437 g/mol. The molecule has 1 fully saturated rings. The van der Waals surface area contributed by atoms with Gasteiger partial charge in [-0.05, 0) is 68.9 Å². The summed E-state index contributed by atoms with van der Waals surface area (Å²) in [6.45, 7) is 7.03. The van der Waals surface area contributed by atoms with Gasteiger partial charge in [-0.3, -0.25) is 9.59 Å². The molecule has 5 nitrogen and oxygen atoms in total. The van der Waals surface area contributed by atoms with Crippen LogP contribution in [-0.4, -0.2) is 44.8 Å². The van der Waals surface area contributed by atoms with E-state index in [1.54, 1.807) is 4.90 Å². The first-order chi connectivity index (χ1) is 15.4. The predicted molar refractivity (Wildman–Crippen MR) is 129 cm³/mol. The fourth-order valence-electron chi connectivity index (χ4n) is 4.09. The van der Waals surface area contributed by atoms with Crippen LogP contribution in [0, 0.1) is 0 Å². The van der Waals surface area contributed by atoms with Crippen LogP contribution < -0.4 is 0 Å². The third kappa shape index (κ3) is 6.24. The fourth-order valence-corrected chi connectivity index (χ4v) is 4.09. The summed E-state index contributed by atoms with van der Waals surface area (Å²) in [5, 5.41) is 0. The van der Waals surface area contributed by atoms with Crippen LogP contribution >= 0.6 is 0 Å². The van der Waals surface area contributed by atoms with Crippen molar-refractivity contribution in [3.05, 3.63) is 59.4 Å². The number of amides is 2. The van der Waals surface area contributed by atoms with Gasteiger partial charge in [0.15, 0.2) is 0 Å². The van der Waals surface area contributed by atoms with E-state index in [1.807, 2.05) is 43.3 Å². The number of benzene rings is 1. The molecule has 1 aliphatic rings. The minimum absolute atomic E-state index is 0.00627. The second kappa shape index (κ2) is 11.3. The van der Waals surface area contributed by atoms with Crippen LogP contribution in [0.4, 0.5) is 0 Å². The summed E-state index contributed by atoms with van der Waals surface area (Å²) in [6, 6.07) is 12.3. The van der Waals surface area contributed by atoms with Gasteiger partial charge in [0.1, 0.15) is 6.54 Å². The van der Waals surface area contributed by atoms with Crippen LogP contribution in [0.5, 0.6) is 0 Å². The predicted octanol–water partition coefficient (Wildman–Crippen LogP) is 5.19. The van der Waals surface area contributed by atoms with E-state index in [0.717, 1.165) is 31.4 Å². The molecule has 0 radical (unpaired) electrons. The lowest BCUT2D eigenvalue weighted by Gasteiger charge is -2.31. The molecule has 0 bridgehead atoms. The third-order valence-corrected chi connectivity index (χ3v) is 6.65. The van der Waals surface area contributed by atoms with Crippen molar-refractivity contribution in [2.45, 2.75) is 84.3 Å². The van der Waals surface area contributed by atoms with Gasteiger partial charge in [-0.1, -0.05) is 38.8 Å². The number of aryl methyl sites for hydroxylation is 2. The summed E-state index contributed by atoms with van der Waals surface area (Å²) in [4.78, 5) is 30.5. The molecule has 1 heterocycles. The van der Waals surface area contributed by atoms with Crippen molar-refractivity contribution in [2.75, 3.05) is 6.54 Å². The molecule has 174 valence electrons. The van der Waals surface area contributed by atoms with Crippen LogP contribution in [0.15, 0.2) is 42.6 Å². The normalized spacial score (nSPS) is 14.2. The van der Waals surface area contributed by atoms with Gasteiger partial charge in [0.25, 0.3) is 5.91 Å². The molecule has 0 N–H and O–H groups in total. The second-order valence-electron chi connectivity index (χ2n) is 9.21. The highest BCUT2D eigenvalue weighted by Crippen LogP contribution is 2.29. The average molecular weight is 438 g/mol. The number of hydrogen-bond acceptors (Lipinski definition) is 2. The Kier molecular flexibility index (Phi) is 8.54. The number of hydrogen-bond donors (Lipinski definition) is 0. The van der Waals surface area contributed by atoms with Gasteiger partial charge in [0, 0.05) is 36.6 Å². The maximum absolute atomic E-state index is 13.4. The molecule has 0 aliphatic heterocycles. The highest BCUT2D eigenvalue weighted by Gasteiger charge is 2.35. The van der Waals surface area contributed by atoms with Gasteiger partial charge >= 0.3 is 0 Å². The zero-order valence-corrected chi connectivity index (χ0v) is 20.2. The zero-order valence-electron chi connectivity index (χ0n) is 20.2. The van der Waals surface area contributed by atoms with Crippen LogP contribution in [0.2, 0.25) is 0 Å². The number of carbonyl (C=O) groups is 2. The van der Waals surface area contributed by atoms with Crippen LogP contribution in [0.3, 0.4) is 0 Å². The minimum atomic E-state index is -0.0533. The highest BCUT2D eigenvalue weighted by molar-refractivity contribution is 5.96. The Morgan fingerprint density at radius 1 is 1.09 bits per heavy atom. The van der Waals surface area contributed by atoms with Crippen molar-refractivity contribution in [2.24, 2.45) is 7.05 Å². The lowest BCUT2D eigenvalue weighted by Crippen LogP contribution is -2.47. The van der Waals surface area contributed by atoms with Crippen LogP contribution in [-0.2, 0) is 24.8 Å². The smallest absolute Gasteiger partial charge is 0.254 e. The SMILES string of the molecule is CCCCCc1ccc(C(=O)N(CC(=O)N(Cc2cccn2C)C2CC2)[C@H](C)CC)cc1. The van der Waals surface area contributed by atoms with Gasteiger partial charge in [-0.25, -0.2) is 0 Å². The third-order valence-electron chi connectivity index (χ3n) is 6.65. The first-order valence-corrected chi connectivity index (χ1v) is 12.2. The number of nitrogens with zero attached hydrogens (tertiary/aromatic N) is 3. The molecule has 1 saturated carbocycles. The molecule has 0 saturated heterocycles. The maximum atomic E-state index is 13.4. The van der Waals surface area contributed by atoms with Gasteiger partial charge in [0.2, 0.25) is 5.91 Å². The first-order valence-electron chi connectivity index (χ1n) is 12.2. The van der Waals surface area contributed by atoms with Crippen molar-refractivity contribution in [1.29, 1.82) is 0 Å². The molecular weight excluding hydrogens is 398 g/mol. The number of aromatic nitrogens is 1. The standard InChI is InChI=1S/C27H39N3O2/c1-5-7-8-10-22-12-14-23(15-13-22)27(32)29(21(3)6-2)20-26(31)30(24-16-17-24)19-25-11-9-18-28(25)4/h9,11-15,18,21,24H,5-8,10,16-17,19-20H2,1-4H3/t21-/m1/s1. The molecule has 32 heavy (non-hydrogen) atoms. The Bertz CT molecular complexity index is 883. The molecule has 3 rings (SSSR count). The molecule has 0 unspecified atom stereocenters. The molecule has 5 heteroatoms. The Labute approximate surface area is 193 Å². The lowest BCUT2D eigenvalue weighted by molar-refractivity contribution is -0.133. The molecule has 1 aromatic carbocycles.